The van der Waals surface area contributed by atoms with Gasteiger partial charge in [-0.05, 0) is 54.5 Å². The molecule has 1 atom stereocenters. The minimum absolute atomic E-state index is 0.102. The number of benzene rings is 2. The maximum absolute atomic E-state index is 13.5. The summed E-state index contributed by atoms with van der Waals surface area (Å²) in [6.45, 7) is 1.51. The quantitative estimate of drug-likeness (QED) is 0.490. The number of amides is 2. The van der Waals surface area contributed by atoms with E-state index in [1.54, 1.807) is 41.5 Å². The van der Waals surface area contributed by atoms with Crippen LogP contribution in [0.4, 0.5) is 0 Å². The summed E-state index contributed by atoms with van der Waals surface area (Å²) in [5.41, 5.74) is 1.59. The highest BCUT2D eigenvalue weighted by molar-refractivity contribution is 7.10. The van der Waals surface area contributed by atoms with Crippen molar-refractivity contribution >= 4 is 34.8 Å². The largest absolute Gasteiger partial charge is 0.491 e. The summed E-state index contributed by atoms with van der Waals surface area (Å²) in [7, 11) is 1.79. The number of ether oxygens (including phenoxy) is 1. The van der Waals surface area contributed by atoms with Gasteiger partial charge in [0, 0.05) is 30.0 Å². The van der Waals surface area contributed by atoms with Crippen LogP contribution in [0.15, 0.2) is 66.0 Å². The molecule has 3 aromatic rings. The summed E-state index contributed by atoms with van der Waals surface area (Å²) in [4.78, 5) is 31.3. The molecule has 1 aliphatic rings. The number of rotatable bonds is 4. The van der Waals surface area contributed by atoms with Gasteiger partial charge in [-0.15, -0.1) is 11.3 Å². The molecular formula is C27H29ClN2O3S. The number of halogens is 1. The second-order valence-corrected chi connectivity index (χ2v) is 10.0. The van der Waals surface area contributed by atoms with Crippen LogP contribution in [0, 0.1) is 0 Å². The summed E-state index contributed by atoms with van der Waals surface area (Å²) in [6.07, 6.45) is 2.67. The van der Waals surface area contributed by atoms with E-state index in [0.29, 0.717) is 42.3 Å². The Morgan fingerprint density at radius 2 is 1.88 bits per heavy atom. The van der Waals surface area contributed by atoms with Crippen LogP contribution in [-0.2, 0) is 17.6 Å². The first-order chi connectivity index (χ1) is 16.5. The van der Waals surface area contributed by atoms with Crippen LogP contribution in [0.25, 0.3) is 0 Å². The molecule has 0 aliphatic carbocycles. The second kappa shape index (κ2) is 11.5. The van der Waals surface area contributed by atoms with Crippen molar-refractivity contribution in [3.8, 4) is 5.75 Å². The van der Waals surface area contributed by atoms with Gasteiger partial charge in [-0.2, -0.15) is 0 Å². The van der Waals surface area contributed by atoms with E-state index in [4.69, 9.17) is 16.3 Å². The fraction of sp³-hybridized carbons (Fsp3) is 0.333. The number of hydrogen-bond acceptors (Lipinski definition) is 4. The zero-order chi connectivity index (χ0) is 23.9. The minimum atomic E-state index is -0.161. The molecule has 0 fully saturated rings. The molecule has 5 nitrogen and oxygen atoms in total. The van der Waals surface area contributed by atoms with E-state index in [2.05, 4.69) is 12.1 Å². The SMILES string of the molecule is CN1CCCCN(C(=O)Cc2cccs2)[C@H](Cc2ccccc2)COc2ccc(Cl)cc2C1=O. The molecule has 0 spiro atoms. The van der Waals surface area contributed by atoms with Gasteiger partial charge in [0.2, 0.25) is 5.91 Å². The lowest BCUT2D eigenvalue weighted by atomic mass is 10.0. The smallest absolute Gasteiger partial charge is 0.257 e. The molecule has 0 saturated heterocycles. The molecule has 34 heavy (non-hydrogen) atoms. The van der Waals surface area contributed by atoms with E-state index in [1.807, 2.05) is 40.6 Å². The zero-order valence-electron chi connectivity index (χ0n) is 19.3. The number of nitrogens with zero attached hydrogens (tertiary/aromatic N) is 2. The van der Waals surface area contributed by atoms with E-state index in [9.17, 15) is 9.59 Å². The average molecular weight is 497 g/mol. The number of fused-ring (bicyclic) bond motifs is 1. The lowest BCUT2D eigenvalue weighted by Crippen LogP contribution is -2.46. The predicted octanol–water partition coefficient (Wildman–Crippen LogP) is 5.33. The Labute approximate surface area is 209 Å². The molecule has 178 valence electrons. The Morgan fingerprint density at radius 3 is 2.65 bits per heavy atom. The van der Waals surface area contributed by atoms with Gasteiger partial charge in [0.15, 0.2) is 0 Å². The van der Waals surface area contributed by atoms with E-state index in [0.717, 1.165) is 23.3 Å². The molecule has 0 radical (unpaired) electrons. The summed E-state index contributed by atoms with van der Waals surface area (Å²) in [5, 5.41) is 2.49. The zero-order valence-corrected chi connectivity index (χ0v) is 20.9. The lowest BCUT2D eigenvalue weighted by Gasteiger charge is -2.33. The fourth-order valence-corrected chi connectivity index (χ4v) is 5.11. The molecule has 1 aliphatic heterocycles. The molecular weight excluding hydrogens is 468 g/mol. The Hall–Kier alpha value is -2.83. The summed E-state index contributed by atoms with van der Waals surface area (Å²) in [6, 6.07) is 19.1. The van der Waals surface area contributed by atoms with Crippen molar-refractivity contribution in [2.75, 3.05) is 26.7 Å². The van der Waals surface area contributed by atoms with Gasteiger partial charge in [-0.1, -0.05) is 48.0 Å². The van der Waals surface area contributed by atoms with Crippen LogP contribution >= 0.6 is 22.9 Å². The molecule has 7 heteroatoms. The van der Waals surface area contributed by atoms with Gasteiger partial charge in [-0.25, -0.2) is 0 Å². The van der Waals surface area contributed by atoms with Crippen LogP contribution in [0.5, 0.6) is 5.75 Å². The van der Waals surface area contributed by atoms with Gasteiger partial charge >= 0.3 is 0 Å². The van der Waals surface area contributed by atoms with E-state index >= 15 is 0 Å². The maximum atomic E-state index is 13.5. The monoisotopic (exact) mass is 496 g/mol. The molecule has 0 saturated carbocycles. The highest BCUT2D eigenvalue weighted by Crippen LogP contribution is 2.26. The van der Waals surface area contributed by atoms with Gasteiger partial charge < -0.3 is 14.5 Å². The summed E-state index contributed by atoms with van der Waals surface area (Å²) < 4.78 is 6.24. The Kier molecular flexibility index (Phi) is 8.25. The van der Waals surface area contributed by atoms with Crippen LogP contribution < -0.4 is 4.74 Å². The highest BCUT2D eigenvalue weighted by Gasteiger charge is 2.27. The van der Waals surface area contributed by atoms with Crippen LogP contribution in [0.1, 0.15) is 33.6 Å². The first-order valence-corrected chi connectivity index (χ1v) is 12.8. The molecule has 4 rings (SSSR count). The Morgan fingerprint density at radius 1 is 1.09 bits per heavy atom. The van der Waals surface area contributed by atoms with E-state index in [1.165, 1.54) is 0 Å². The standard InChI is InChI=1S/C27H29ClN2O3S/c1-29-13-5-6-14-30(26(31)18-23-10-7-15-34-23)22(16-20-8-3-2-4-9-20)19-33-25-12-11-21(28)17-24(25)27(29)32/h2-4,7-12,15,17,22H,5-6,13-14,16,18-19H2,1H3/t22-/m1/s1. The van der Waals surface area contributed by atoms with Crippen LogP contribution in [-0.4, -0.2) is 54.4 Å². The number of hydrogen-bond donors (Lipinski definition) is 0. The van der Waals surface area contributed by atoms with E-state index in [-0.39, 0.29) is 24.5 Å². The van der Waals surface area contributed by atoms with Crippen molar-refractivity contribution in [1.29, 1.82) is 0 Å². The third-order valence-electron chi connectivity index (χ3n) is 6.07. The van der Waals surface area contributed by atoms with Gasteiger partial charge in [0.25, 0.3) is 5.91 Å². The van der Waals surface area contributed by atoms with Crippen molar-refractivity contribution in [3.63, 3.8) is 0 Å². The molecule has 2 amide bonds. The summed E-state index contributed by atoms with van der Waals surface area (Å²) >= 11 is 7.81. The molecule has 0 bridgehead atoms. The van der Waals surface area contributed by atoms with Gasteiger partial charge in [0.1, 0.15) is 12.4 Å². The van der Waals surface area contributed by atoms with Crippen LogP contribution in [0.3, 0.4) is 0 Å². The number of carbonyl (C=O) groups is 2. The molecule has 0 unspecified atom stereocenters. The normalized spacial score (nSPS) is 17.4. The molecule has 2 heterocycles. The second-order valence-electron chi connectivity index (χ2n) is 8.57. The first-order valence-electron chi connectivity index (χ1n) is 11.5. The van der Waals surface area contributed by atoms with Crippen LogP contribution in [0.2, 0.25) is 5.02 Å². The maximum Gasteiger partial charge on any atom is 0.257 e. The Bertz CT molecular complexity index is 1100. The third kappa shape index (κ3) is 6.19. The number of thiophene rings is 1. The van der Waals surface area contributed by atoms with Gasteiger partial charge in [-0.3, -0.25) is 9.59 Å². The lowest BCUT2D eigenvalue weighted by molar-refractivity contribution is -0.133. The number of carbonyl (C=O) groups excluding carboxylic acids is 2. The Balaban J connectivity index is 1.65. The summed E-state index contributed by atoms with van der Waals surface area (Å²) in [5.74, 6) is 0.485. The van der Waals surface area contributed by atoms with E-state index < -0.39 is 0 Å². The van der Waals surface area contributed by atoms with Crippen molar-refractivity contribution in [2.45, 2.75) is 31.7 Å². The topological polar surface area (TPSA) is 49.9 Å². The average Bonchev–Trinajstić information content (AvgIpc) is 3.35. The molecule has 0 N–H and O–H groups in total. The predicted molar refractivity (Wildman–Crippen MR) is 137 cm³/mol. The van der Waals surface area contributed by atoms with Crippen molar-refractivity contribution in [3.05, 3.63) is 87.1 Å². The third-order valence-corrected chi connectivity index (χ3v) is 7.18. The molecule has 2 aromatic carbocycles. The van der Waals surface area contributed by atoms with Crippen molar-refractivity contribution < 1.29 is 14.3 Å². The highest BCUT2D eigenvalue weighted by atomic mass is 35.5. The van der Waals surface area contributed by atoms with Crippen molar-refractivity contribution in [1.82, 2.24) is 9.80 Å². The molecule has 1 aromatic heterocycles. The fourth-order valence-electron chi connectivity index (χ4n) is 4.24. The minimum Gasteiger partial charge on any atom is -0.491 e. The van der Waals surface area contributed by atoms with Gasteiger partial charge in [0.05, 0.1) is 18.0 Å². The first kappa shape index (κ1) is 24.3. The van der Waals surface area contributed by atoms with Crippen molar-refractivity contribution in [2.24, 2.45) is 0 Å².